The van der Waals surface area contributed by atoms with Gasteiger partial charge in [0.2, 0.25) is 0 Å². The van der Waals surface area contributed by atoms with Crippen LogP contribution in [0.3, 0.4) is 0 Å². The molecule has 0 amide bonds. The number of fused-ring (bicyclic) bond motifs is 13. The van der Waals surface area contributed by atoms with E-state index in [9.17, 15) is 0 Å². The first-order chi connectivity index (χ1) is 26.0. The summed E-state index contributed by atoms with van der Waals surface area (Å²) in [5.41, 5.74) is 22.4. The third kappa shape index (κ3) is 4.12. The lowest BCUT2D eigenvalue weighted by atomic mass is 9.70. The van der Waals surface area contributed by atoms with Crippen LogP contribution in [0.2, 0.25) is 0 Å². The van der Waals surface area contributed by atoms with E-state index >= 15 is 0 Å². The first-order valence-corrected chi connectivity index (χ1v) is 18.9. The smallest absolute Gasteiger partial charge is 0.0622 e. The van der Waals surface area contributed by atoms with Gasteiger partial charge in [-0.3, -0.25) is 0 Å². The molecule has 1 atom stereocenters. The lowest BCUT2D eigenvalue weighted by Gasteiger charge is -2.30. The lowest BCUT2D eigenvalue weighted by molar-refractivity contribution is 0.659. The fourth-order valence-electron chi connectivity index (χ4n) is 10.3. The van der Waals surface area contributed by atoms with Crippen LogP contribution >= 0.6 is 0 Å². The van der Waals surface area contributed by atoms with Crippen molar-refractivity contribution in [2.75, 3.05) is 0 Å². The minimum atomic E-state index is -0.339. The average Bonchev–Trinajstić information content (AvgIpc) is 3.77. The van der Waals surface area contributed by atoms with Crippen molar-refractivity contribution in [3.63, 3.8) is 0 Å². The summed E-state index contributed by atoms with van der Waals surface area (Å²) in [7, 11) is 0. The third-order valence-corrected chi connectivity index (χ3v) is 12.6. The second-order valence-corrected chi connectivity index (χ2v) is 15.6. The molecule has 8 aromatic rings. The van der Waals surface area contributed by atoms with E-state index < -0.39 is 0 Å². The molecule has 0 heteroatoms. The standard InChI is InChI=1S/C53H38/c1-52(2)45-20-10-6-16-39(45)43-30-28-38(33-50(43)52)51(36-26-24-35(25-27-36)34-14-4-3-5-15-34)37-29-31-49-44(32-37)42-19-9-13-23-48(42)53(49)46-21-11-7-17-40(46)41-18-8-12-22-47(41)53/h3-33,51H,1-2H3. The minimum Gasteiger partial charge on any atom is -0.0622 e. The predicted molar refractivity (Wildman–Crippen MR) is 220 cm³/mol. The molecule has 3 aliphatic rings. The maximum atomic E-state index is 2.52. The molecule has 11 rings (SSSR count). The summed E-state index contributed by atoms with van der Waals surface area (Å²) in [4.78, 5) is 0. The minimum absolute atomic E-state index is 0.0572. The molecule has 0 N–H and O–H groups in total. The molecular formula is C53H38. The molecule has 8 aromatic carbocycles. The molecule has 1 unspecified atom stereocenters. The molecule has 0 heterocycles. The Hall–Kier alpha value is -6.24. The highest BCUT2D eigenvalue weighted by molar-refractivity contribution is 5.95. The van der Waals surface area contributed by atoms with E-state index in [2.05, 4.69) is 202 Å². The van der Waals surface area contributed by atoms with Crippen LogP contribution < -0.4 is 0 Å². The fraction of sp³-hybridized carbons (Fsp3) is 0.0943. The molecule has 0 saturated carbocycles. The largest absolute Gasteiger partial charge is 0.0725 e. The maximum absolute atomic E-state index is 2.52. The van der Waals surface area contributed by atoms with Gasteiger partial charge in [-0.1, -0.05) is 196 Å². The van der Waals surface area contributed by atoms with Gasteiger partial charge in [0.1, 0.15) is 0 Å². The van der Waals surface area contributed by atoms with E-state index in [0.717, 1.165) is 0 Å². The summed E-state index contributed by atoms with van der Waals surface area (Å²) in [5, 5.41) is 0. The zero-order valence-corrected chi connectivity index (χ0v) is 30.0. The first kappa shape index (κ1) is 30.4. The van der Waals surface area contributed by atoms with Gasteiger partial charge in [-0.15, -0.1) is 0 Å². The van der Waals surface area contributed by atoms with Crippen LogP contribution in [0.25, 0.3) is 44.5 Å². The number of benzene rings is 8. The SMILES string of the molecule is CC1(C)c2ccccc2-c2ccc(C(c3ccc(-c4ccccc4)cc3)c3ccc4c(c3)-c3ccccc3C43c4ccccc4-c4ccccc43)cc21. The molecular weight excluding hydrogens is 637 g/mol. The summed E-state index contributed by atoms with van der Waals surface area (Å²) >= 11 is 0. The van der Waals surface area contributed by atoms with E-state index in [4.69, 9.17) is 0 Å². The Balaban J connectivity index is 1.13. The van der Waals surface area contributed by atoms with Crippen molar-refractivity contribution in [2.24, 2.45) is 0 Å². The van der Waals surface area contributed by atoms with Crippen molar-refractivity contribution < 1.29 is 0 Å². The molecule has 250 valence electrons. The van der Waals surface area contributed by atoms with Crippen molar-refractivity contribution in [3.05, 3.63) is 238 Å². The first-order valence-electron chi connectivity index (χ1n) is 18.9. The van der Waals surface area contributed by atoms with E-state index in [1.54, 1.807) is 0 Å². The summed E-state index contributed by atoms with van der Waals surface area (Å²) in [6, 6.07) is 70.9. The molecule has 0 bridgehead atoms. The van der Waals surface area contributed by atoms with Crippen LogP contribution in [-0.2, 0) is 10.8 Å². The Morgan fingerprint density at radius 3 is 1.34 bits per heavy atom. The molecule has 0 fully saturated rings. The predicted octanol–water partition coefficient (Wildman–Crippen LogP) is 13.2. The van der Waals surface area contributed by atoms with Gasteiger partial charge in [-0.2, -0.15) is 0 Å². The van der Waals surface area contributed by atoms with E-state index in [-0.39, 0.29) is 16.7 Å². The second-order valence-electron chi connectivity index (χ2n) is 15.6. The van der Waals surface area contributed by atoms with E-state index in [0.29, 0.717) is 0 Å². The topological polar surface area (TPSA) is 0 Å². The van der Waals surface area contributed by atoms with Crippen molar-refractivity contribution in [1.29, 1.82) is 0 Å². The quantitative estimate of drug-likeness (QED) is 0.163. The van der Waals surface area contributed by atoms with Gasteiger partial charge < -0.3 is 0 Å². The Labute approximate surface area is 312 Å². The summed E-state index contributed by atoms with van der Waals surface area (Å²) in [6.45, 7) is 4.77. The Bertz CT molecular complexity index is 2700. The monoisotopic (exact) mass is 674 g/mol. The molecule has 1 spiro atoms. The average molecular weight is 675 g/mol. The van der Waals surface area contributed by atoms with Gasteiger partial charge in [0, 0.05) is 11.3 Å². The molecule has 0 aromatic heterocycles. The molecule has 53 heavy (non-hydrogen) atoms. The van der Waals surface area contributed by atoms with Gasteiger partial charge in [-0.05, 0) is 101 Å². The van der Waals surface area contributed by atoms with Crippen LogP contribution in [0, 0.1) is 0 Å². The number of rotatable bonds is 4. The van der Waals surface area contributed by atoms with Crippen LogP contribution in [0.4, 0.5) is 0 Å². The third-order valence-electron chi connectivity index (χ3n) is 12.6. The zero-order valence-electron chi connectivity index (χ0n) is 30.0. The molecule has 0 aliphatic heterocycles. The summed E-state index contributed by atoms with van der Waals surface area (Å²) in [6.07, 6.45) is 0. The van der Waals surface area contributed by atoms with Crippen molar-refractivity contribution >= 4 is 0 Å². The van der Waals surface area contributed by atoms with Gasteiger partial charge in [-0.25, -0.2) is 0 Å². The Kier molecular flexibility index (Phi) is 6.38. The zero-order chi connectivity index (χ0) is 35.3. The summed E-state index contributed by atoms with van der Waals surface area (Å²) < 4.78 is 0. The van der Waals surface area contributed by atoms with Crippen LogP contribution in [0.1, 0.15) is 69.8 Å². The number of hydrogen-bond acceptors (Lipinski definition) is 0. The molecule has 0 radical (unpaired) electrons. The van der Waals surface area contributed by atoms with Crippen LogP contribution in [0.5, 0.6) is 0 Å². The van der Waals surface area contributed by atoms with E-state index in [1.807, 2.05) is 0 Å². The normalized spacial score (nSPS) is 15.2. The highest BCUT2D eigenvalue weighted by atomic mass is 14.5. The second kappa shape index (κ2) is 11.1. The Morgan fingerprint density at radius 1 is 0.302 bits per heavy atom. The number of hydrogen-bond donors (Lipinski definition) is 0. The molecule has 3 aliphatic carbocycles. The fourth-order valence-corrected chi connectivity index (χ4v) is 10.3. The van der Waals surface area contributed by atoms with Gasteiger partial charge >= 0.3 is 0 Å². The van der Waals surface area contributed by atoms with Crippen LogP contribution in [0.15, 0.2) is 188 Å². The molecule has 0 nitrogen and oxygen atoms in total. The van der Waals surface area contributed by atoms with Gasteiger partial charge in [0.05, 0.1) is 5.41 Å². The van der Waals surface area contributed by atoms with E-state index in [1.165, 1.54) is 94.6 Å². The summed E-state index contributed by atoms with van der Waals surface area (Å²) in [5.74, 6) is 0.0572. The van der Waals surface area contributed by atoms with Crippen LogP contribution in [-0.4, -0.2) is 0 Å². The Morgan fingerprint density at radius 2 is 0.717 bits per heavy atom. The highest BCUT2D eigenvalue weighted by Crippen LogP contribution is 2.63. The van der Waals surface area contributed by atoms with Gasteiger partial charge in [0.25, 0.3) is 0 Å². The van der Waals surface area contributed by atoms with Gasteiger partial charge in [0.15, 0.2) is 0 Å². The lowest BCUT2D eigenvalue weighted by Crippen LogP contribution is -2.25. The highest BCUT2D eigenvalue weighted by Gasteiger charge is 2.51. The maximum Gasteiger partial charge on any atom is 0.0725 e. The van der Waals surface area contributed by atoms with Crippen molar-refractivity contribution in [2.45, 2.75) is 30.6 Å². The molecule has 0 saturated heterocycles. The van der Waals surface area contributed by atoms with Crippen molar-refractivity contribution in [3.8, 4) is 44.5 Å². The van der Waals surface area contributed by atoms with Crippen molar-refractivity contribution in [1.82, 2.24) is 0 Å².